The molecule has 1 unspecified atom stereocenters. The molecule has 0 bridgehead atoms. The summed E-state index contributed by atoms with van der Waals surface area (Å²) >= 11 is 0. The lowest BCUT2D eigenvalue weighted by Crippen LogP contribution is -2.57. The quantitative estimate of drug-likeness (QED) is 0.662. The molecule has 1 saturated heterocycles. The van der Waals surface area contributed by atoms with Gasteiger partial charge < -0.3 is 19.3 Å². The maximum absolute atomic E-state index is 11.3. The van der Waals surface area contributed by atoms with E-state index in [1.807, 2.05) is 0 Å². The van der Waals surface area contributed by atoms with Crippen LogP contribution in [0.25, 0.3) is 0 Å². The van der Waals surface area contributed by atoms with Crippen LogP contribution in [0, 0.1) is 5.41 Å². The number of likely N-dealkylation sites (N-methyl/N-ethyl adjacent to an activating group) is 2. The van der Waals surface area contributed by atoms with Crippen LogP contribution in [0.2, 0.25) is 0 Å². The van der Waals surface area contributed by atoms with Crippen LogP contribution >= 0.6 is 0 Å². The zero-order chi connectivity index (χ0) is 13.2. The average Bonchev–Trinajstić information content (AvgIpc) is 2.72. The maximum Gasteiger partial charge on any atom is 0.129 e. The molecule has 4 nitrogen and oxygen atoms in total. The number of hydrogen-bond acceptors (Lipinski definition) is 4. The van der Waals surface area contributed by atoms with Gasteiger partial charge in [0.25, 0.3) is 0 Å². The fourth-order valence-corrected chi connectivity index (χ4v) is 3.31. The zero-order valence-electron chi connectivity index (χ0n) is 11.9. The maximum atomic E-state index is 11.3. The van der Waals surface area contributed by atoms with Gasteiger partial charge in [-0.3, -0.25) is 0 Å². The highest BCUT2D eigenvalue weighted by Crippen LogP contribution is 2.37. The molecule has 0 N–H and O–H groups in total. The van der Waals surface area contributed by atoms with E-state index in [4.69, 9.17) is 4.74 Å². The van der Waals surface area contributed by atoms with E-state index in [-0.39, 0.29) is 5.41 Å². The number of hydrogen-bond donors (Lipinski definition) is 0. The van der Waals surface area contributed by atoms with Gasteiger partial charge in [-0.2, -0.15) is 0 Å². The molecule has 18 heavy (non-hydrogen) atoms. The molecular formula is C14H26N2O2. The van der Waals surface area contributed by atoms with Crippen molar-refractivity contribution in [1.82, 2.24) is 9.80 Å². The van der Waals surface area contributed by atoms with Crippen LogP contribution in [0.15, 0.2) is 0 Å². The van der Waals surface area contributed by atoms with Crippen molar-refractivity contribution < 1.29 is 9.53 Å². The van der Waals surface area contributed by atoms with E-state index in [0.29, 0.717) is 12.1 Å². The van der Waals surface area contributed by atoms with E-state index in [9.17, 15) is 4.79 Å². The van der Waals surface area contributed by atoms with Crippen molar-refractivity contribution in [2.45, 2.75) is 31.2 Å². The molecule has 2 rings (SSSR count). The number of aldehydes is 1. The molecule has 1 aliphatic heterocycles. The summed E-state index contributed by atoms with van der Waals surface area (Å²) in [5, 5.41) is 0. The van der Waals surface area contributed by atoms with Gasteiger partial charge in [0.1, 0.15) is 6.29 Å². The Labute approximate surface area is 110 Å². The SMILES string of the molecule is CN(CC1(C=O)CCOC1)CC1(N(C)C)CCC1. The Hall–Kier alpha value is -0.450. The molecule has 0 aromatic carbocycles. The van der Waals surface area contributed by atoms with Gasteiger partial charge in [-0.1, -0.05) is 0 Å². The van der Waals surface area contributed by atoms with Crippen LogP contribution in [0.1, 0.15) is 25.7 Å². The second kappa shape index (κ2) is 5.27. The molecule has 0 spiro atoms. The first-order valence-electron chi connectivity index (χ1n) is 6.92. The first kappa shape index (κ1) is 14.0. The molecule has 0 amide bonds. The van der Waals surface area contributed by atoms with Gasteiger partial charge in [0, 0.05) is 25.2 Å². The van der Waals surface area contributed by atoms with Crippen LogP contribution in [0.5, 0.6) is 0 Å². The minimum atomic E-state index is -0.258. The van der Waals surface area contributed by atoms with Crippen molar-refractivity contribution in [1.29, 1.82) is 0 Å². The topological polar surface area (TPSA) is 32.8 Å². The molecule has 1 aliphatic carbocycles. The molecular weight excluding hydrogens is 228 g/mol. The monoisotopic (exact) mass is 254 g/mol. The highest BCUT2D eigenvalue weighted by atomic mass is 16.5. The normalized spacial score (nSPS) is 30.7. The van der Waals surface area contributed by atoms with Crippen LogP contribution < -0.4 is 0 Å². The minimum Gasteiger partial charge on any atom is -0.380 e. The van der Waals surface area contributed by atoms with Crippen molar-refractivity contribution in [3.8, 4) is 0 Å². The van der Waals surface area contributed by atoms with E-state index >= 15 is 0 Å². The number of nitrogens with zero attached hydrogens (tertiary/aromatic N) is 2. The molecule has 2 fully saturated rings. The van der Waals surface area contributed by atoms with E-state index in [1.54, 1.807) is 0 Å². The van der Waals surface area contributed by atoms with Gasteiger partial charge >= 0.3 is 0 Å². The lowest BCUT2D eigenvalue weighted by Gasteiger charge is -2.50. The molecule has 0 radical (unpaired) electrons. The van der Waals surface area contributed by atoms with E-state index < -0.39 is 0 Å². The molecule has 1 atom stereocenters. The number of ether oxygens (including phenoxy) is 1. The summed E-state index contributed by atoms with van der Waals surface area (Å²) in [5.41, 5.74) is 0.0737. The van der Waals surface area contributed by atoms with Crippen LogP contribution in [-0.4, -0.2) is 69.1 Å². The number of carbonyl (C=O) groups excluding carboxylic acids is 1. The standard InChI is InChI=1S/C14H26N2O2/c1-15(2)14(5-4-6-14)10-16(3)9-13(11-17)7-8-18-12-13/h11H,4-10,12H2,1-3H3. The molecule has 2 aliphatic rings. The third-order valence-corrected chi connectivity index (χ3v) is 4.77. The Morgan fingerprint density at radius 1 is 1.17 bits per heavy atom. The van der Waals surface area contributed by atoms with Crippen molar-refractivity contribution in [3.05, 3.63) is 0 Å². The van der Waals surface area contributed by atoms with Gasteiger partial charge in [-0.25, -0.2) is 0 Å². The zero-order valence-corrected chi connectivity index (χ0v) is 11.9. The highest BCUT2D eigenvalue weighted by molar-refractivity contribution is 5.60. The molecule has 4 heteroatoms. The van der Waals surface area contributed by atoms with Gasteiger partial charge in [0.2, 0.25) is 0 Å². The summed E-state index contributed by atoms with van der Waals surface area (Å²) < 4.78 is 5.40. The summed E-state index contributed by atoms with van der Waals surface area (Å²) in [7, 11) is 6.47. The first-order valence-corrected chi connectivity index (χ1v) is 6.92. The summed E-state index contributed by atoms with van der Waals surface area (Å²) in [6, 6.07) is 0. The lowest BCUT2D eigenvalue weighted by atomic mass is 9.75. The molecule has 104 valence electrons. The third-order valence-electron chi connectivity index (χ3n) is 4.77. The number of carbonyl (C=O) groups is 1. The second-order valence-corrected chi connectivity index (χ2v) is 6.43. The Morgan fingerprint density at radius 2 is 1.89 bits per heavy atom. The van der Waals surface area contributed by atoms with Gasteiger partial charge in [0.05, 0.1) is 12.0 Å². The lowest BCUT2D eigenvalue weighted by molar-refractivity contribution is -0.117. The predicted molar refractivity (Wildman–Crippen MR) is 71.7 cm³/mol. The second-order valence-electron chi connectivity index (χ2n) is 6.43. The van der Waals surface area contributed by atoms with Crippen molar-refractivity contribution in [3.63, 3.8) is 0 Å². The van der Waals surface area contributed by atoms with E-state index in [0.717, 1.165) is 32.4 Å². The van der Waals surface area contributed by atoms with E-state index in [2.05, 4.69) is 30.9 Å². The Balaban J connectivity index is 1.91. The fourth-order valence-electron chi connectivity index (χ4n) is 3.31. The average molecular weight is 254 g/mol. The predicted octanol–water partition coefficient (Wildman–Crippen LogP) is 1.01. The molecule has 1 heterocycles. The molecule has 0 aromatic rings. The Bertz CT molecular complexity index is 294. The summed E-state index contributed by atoms with van der Waals surface area (Å²) in [4.78, 5) is 16.0. The third kappa shape index (κ3) is 2.60. The van der Waals surface area contributed by atoms with Crippen molar-refractivity contribution in [2.75, 3.05) is 47.4 Å². The smallest absolute Gasteiger partial charge is 0.129 e. The van der Waals surface area contributed by atoms with Crippen LogP contribution in [0.3, 0.4) is 0 Å². The van der Waals surface area contributed by atoms with Gasteiger partial charge in [0.15, 0.2) is 0 Å². The summed E-state index contributed by atoms with van der Waals surface area (Å²) in [6.07, 6.45) is 5.85. The highest BCUT2D eigenvalue weighted by Gasteiger charge is 2.42. The van der Waals surface area contributed by atoms with Crippen molar-refractivity contribution >= 4 is 6.29 Å². The largest absolute Gasteiger partial charge is 0.380 e. The fraction of sp³-hybridized carbons (Fsp3) is 0.929. The van der Waals surface area contributed by atoms with Crippen LogP contribution in [-0.2, 0) is 9.53 Å². The Morgan fingerprint density at radius 3 is 2.28 bits per heavy atom. The van der Waals surface area contributed by atoms with Crippen molar-refractivity contribution in [2.24, 2.45) is 5.41 Å². The number of rotatable bonds is 6. The first-order chi connectivity index (χ1) is 8.52. The molecule has 1 saturated carbocycles. The van der Waals surface area contributed by atoms with Gasteiger partial charge in [-0.15, -0.1) is 0 Å². The molecule has 0 aromatic heterocycles. The van der Waals surface area contributed by atoms with Gasteiger partial charge in [-0.05, 0) is 46.8 Å². The summed E-state index contributed by atoms with van der Waals surface area (Å²) in [6.45, 7) is 3.20. The Kier molecular flexibility index (Phi) is 4.09. The minimum absolute atomic E-state index is 0.258. The van der Waals surface area contributed by atoms with E-state index in [1.165, 1.54) is 19.3 Å². The van der Waals surface area contributed by atoms with Crippen LogP contribution in [0.4, 0.5) is 0 Å². The summed E-state index contributed by atoms with van der Waals surface area (Å²) in [5.74, 6) is 0.